The molecule has 2 unspecified atom stereocenters. The van der Waals surface area contributed by atoms with Crippen LogP contribution in [0.15, 0.2) is 60.8 Å². The van der Waals surface area contributed by atoms with Gasteiger partial charge in [0.2, 0.25) is 5.91 Å². The molecular weight excluding hydrogens is 875 g/mol. The van der Waals surface area contributed by atoms with Crippen LogP contribution in [0.3, 0.4) is 0 Å². The molecule has 0 saturated carbocycles. The van der Waals surface area contributed by atoms with E-state index in [1.165, 1.54) is 231 Å². The zero-order valence-corrected chi connectivity index (χ0v) is 47.2. The minimum Gasteiger partial charge on any atom is -0.466 e. The summed E-state index contributed by atoms with van der Waals surface area (Å²) in [6.45, 7) is 4.82. The number of allylic oxidation sites excluding steroid dienone is 9. The Kier molecular flexibility index (Phi) is 58.1. The van der Waals surface area contributed by atoms with Crippen molar-refractivity contribution in [3.8, 4) is 0 Å². The highest BCUT2D eigenvalue weighted by atomic mass is 16.5. The van der Waals surface area contributed by atoms with Gasteiger partial charge in [0, 0.05) is 12.8 Å². The fraction of sp³-hybridized carbons (Fsp3) is 0.815. The monoisotopic (exact) mass is 994 g/mol. The predicted molar refractivity (Wildman–Crippen MR) is 310 cm³/mol. The lowest BCUT2D eigenvalue weighted by Gasteiger charge is -2.20. The average Bonchev–Trinajstić information content (AvgIpc) is 3.37. The molecule has 6 nitrogen and oxygen atoms in total. The number of amides is 1. The molecule has 0 fully saturated rings. The van der Waals surface area contributed by atoms with E-state index in [0.717, 1.165) is 57.8 Å². The van der Waals surface area contributed by atoms with Crippen LogP contribution < -0.4 is 5.32 Å². The first-order valence-electron chi connectivity index (χ1n) is 31.1. The number of aliphatic hydroxyl groups excluding tert-OH is 2. The number of hydrogen-bond acceptors (Lipinski definition) is 5. The molecular formula is C65H119NO5. The molecule has 0 rings (SSSR count). The molecule has 0 aliphatic heterocycles. The Hall–Kier alpha value is -2.44. The highest BCUT2D eigenvalue weighted by Gasteiger charge is 2.18. The van der Waals surface area contributed by atoms with E-state index in [1.807, 2.05) is 6.08 Å². The molecule has 0 aromatic carbocycles. The molecule has 0 spiro atoms. The van der Waals surface area contributed by atoms with Gasteiger partial charge in [0.15, 0.2) is 0 Å². The van der Waals surface area contributed by atoms with Crippen molar-refractivity contribution < 1.29 is 24.5 Å². The molecule has 0 aliphatic carbocycles. The summed E-state index contributed by atoms with van der Waals surface area (Å²) >= 11 is 0. The van der Waals surface area contributed by atoms with Gasteiger partial charge < -0.3 is 20.3 Å². The number of aliphatic hydroxyl groups is 2. The fourth-order valence-electron chi connectivity index (χ4n) is 9.23. The maximum atomic E-state index is 12.4. The summed E-state index contributed by atoms with van der Waals surface area (Å²) in [6, 6.07) is -0.628. The summed E-state index contributed by atoms with van der Waals surface area (Å²) in [5, 5.41) is 23.1. The number of ether oxygens (including phenoxy) is 1. The maximum Gasteiger partial charge on any atom is 0.305 e. The lowest BCUT2D eigenvalue weighted by Crippen LogP contribution is -2.45. The average molecular weight is 995 g/mol. The standard InChI is InChI=1S/C65H119NO5/c1-3-5-7-9-11-13-15-34-39-43-47-51-55-59-65(70)71-60-56-52-48-44-40-36-33-31-29-27-25-23-21-19-17-18-20-22-24-26-28-30-32-35-38-42-46-50-54-58-64(69)66-62(61-67)63(68)57-53-49-45-41-37-16-14-12-10-8-6-4-2/h7,9,13,15,17,19,23,25,53,57,62-63,67-68H,3-6,8,10-12,14,16,18,20-22,24,26-52,54-56,58-61H2,1-2H3,(H,66,69)/b9-7-,15-13-,19-17-,25-23-,57-53+. The first-order valence-corrected chi connectivity index (χ1v) is 31.1. The van der Waals surface area contributed by atoms with Crippen molar-refractivity contribution in [1.82, 2.24) is 5.32 Å². The molecule has 71 heavy (non-hydrogen) atoms. The van der Waals surface area contributed by atoms with E-state index in [1.54, 1.807) is 6.08 Å². The molecule has 2 atom stereocenters. The normalized spacial score (nSPS) is 13.0. The zero-order valence-electron chi connectivity index (χ0n) is 47.2. The summed E-state index contributed by atoms with van der Waals surface area (Å²) < 4.78 is 5.46. The Labute approximate surface area is 441 Å². The first kappa shape index (κ1) is 68.6. The van der Waals surface area contributed by atoms with Crippen molar-refractivity contribution >= 4 is 11.9 Å². The summed E-state index contributed by atoms with van der Waals surface area (Å²) in [6.07, 6.45) is 78.4. The van der Waals surface area contributed by atoms with Gasteiger partial charge in [0.05, 0.1) is 25.4 Å². The Morgan fingerprint density at radius 2 is 0.732 bits per heavy atom. The number of unbranched alkanes of at least 4 members (excludes halogenated alkanes) is 38. The van der Waals surface area contributed by atoms with Crippen LogP contribution in [-0.4, -0.2) is 47.4 Å². The van der Waals surface area contributed by atoms with E-state index in [4.69, 9.17) is 4.74 Å². The summed E-state index contributed by atoms with van der Waals surface area (Å²) in [5.74, 6) is -0.0745. The van der Waals surface area contributed by atoms with E-state index in [9.17, 15) is 19.8 Å². The van der Waals surface area contributed by atoms with E-state index in [0.29, 0.717) is 19.4 Å². The Bertz CT molecular complexity index is 1240. The van der Waals surface area contributed by atoms with Crippen molar-refractivity contribution in [3.63, 3.8) is 0 Å². The number of hydrogen-bond donors (Lipinski definition) is 3. The van der Waals surface area contributed by atoms with E-state index >= 15 is 0 Å². The third-order valence-corrected chi connectivity index (χ3v) is 14.0. The van der Waals surface area contributed by atoms with Gasteiger partial charge in [-0.05, 0) is 89.9 Å². The van der Waals surface area contributed by atoms with Gasteiger partial charge in [-0.2, -0.15) is 0 Å². The molecule has 414 valence electrons. The van der Waals surface area contributed by atoms with Crippen LogP contribution in [0.25, 0.3) is 0 Å². The van der Waals surface area contributed by atoms with Gasteiger partial charge in [-0.1, -0.05) is 274 Å². The molecule has 0 aliphatic rings. The van der Waals surface area contributed by atoms with E-state index in [-0.39, 0.29) is 18.5 Å². The smallest absolute Gasteiger partial charge is 0.305 e. The van der Waals surface area contributed by atoms with Gasteiger partial charge in [-0.3, -0.25) is 9.59 Å². The minimum atomic E-state index is -0.845. The largest absolute Gasteiger partial charge is 0.466 e. The molecule has 0 heterocycles. The summed E-state index contributed by atoms with van der Waals surface area (Å²) in [7, 11) is 0. The van der Waals surface area contributed by atoms with Gasteiger partial charge in [-0.25, -0.2) is 0 Å². The number of carbonyl (C=O) groups is 2. The molecule has 0 saturated heterocycles. The van der Waals surface area contributed by atoms with Crippen molar-refractivity contribution in [2.24, 2.45) is 0 Å². The van der Waals surface area contributed by atoms with Crippen molar-refractivity contribution in [1.29, 1.82) is 0 Å². The number of carbonyl (C=O) groups excluding carboxylic acids is 2. The van der Waals surface area contributed by atoms with Crippen molar-refractivity contribution in [2.45, 2.75) is 328 Å². The quantitative estimate of drug-likeness (QED) is 0.0321. The van der Waals surface area contributed by atoms with Gasteiger partial charge >= 0.3 is 5.97 Å². The van der Waals surface area contributed by atoms with Crippen LogP contribution in [0, 0.1) is 0 Å². The van der Waals surface area contributed by atoms with Crippen LogP contribution in [-0.2, 0) is 14.3 Å². The lowest BCUT2D eigenvalue weighted by atomic mass is 10.0. The molecule has 0 aromatic rings. The summed E-state index contributed by atoms with van der Waals surface area (Å²) in [5.41, 5.74) is 0. The third kappa shape index (κ3) is 56.7. The molecule has 0 radical (unpaired) electrons. The molecule has 0 aromatic heterocycles. The molecule has 1 amide bonds. The topological polar surface area (TPSA) is 95.9 Å². The number of rotatable bonds is 57. The van der Waals surface area contributed by atoms with Crippen molar-refractivity contribution in [3.05, 3.63) is 60.8 Å². The second-order valence-corrected chi connectivity index (χ2v) is 21.0. The zero-order chi connectivity index (χ0) is 51.4. The first-order chi connectivity index (χ1) is 35.0. The van der Waals surface area contributed by atoms with Crippen LogP contribution >= 0.6 is 0 Å². The SMILES string of the molecule is CCC/C=C\C/C=C\CCCCCCCC(=O)OCCCCCCCCCCC/C=C\C/C=C\CCCCCCCCCCCCCCCC(=O)NC(CO)C(O)/C=C/CCCCCCCCCCCC. The third-order valence-electron chi connectivity index (χ3n) is 14.0. The van der Waals surface area contributed by atoms with Gasteiger partial charge in [0.25, 0.3) is 0 Å². The number of nitrogens with one attached hydrogen (secondary N) is 1. The Morgan fingerprint density at radius 1 is 0.394 bits per heavy atom. The maximum absolute atomic E-state index is 12.4. The van der Waals surface area contributed by atoms with Crippen molar-refractivity contribution in [2.75, 3.05) is 13.2 Å². The Balaban J connectivity index is 3.42. The Morgan fingerprint density at radius 3 is 1.13 bits per heavy atom. The van der Waals surface area contributed by atoms with Crippen LogP contribution in [0.1, 0.15) is 316 Å². The number of esters is 1. The van der Waals surface area contributed by atoms with Gasteiger partial charge in [-0.15, -0.1) is 0 Å². The van der Waals surface area contributed by atoms with Gasteiger partial charge in [0.1, 0.15) is 0 Å². The highest BCUT2D eigenvalue weighted by Crippen LogP contribution is 2.16. The van der Waals surface area contributed by atoms with E-state index in [2.05, 4.69) is 67.8 Å². The summed E-state index contributed by atoms with van der Waals surface area (Å²) in [4.78, 5) is 24.5. The molecule has 0 bridgehead atoms. The van der Waals surface area contributed by atoms with E-state index < -0.39 is 12.1 Å². The second-order valence-electron chi connectivity index (χ2n) is 21.0. The van der Waals surface area contributed by atoms with Crippen LogP contribution in [0.5, 0.6) is 0 Å². The fourth-order valence-corrected chi connectivity index (χ4v) is 9.23. The van der Waals surface area contributed by atoms with Crippen LogP contribution in [0.2, 0.25) is 0 Å². The second kappa shape index (κ2) is 60.1. The molecule has 6 heteroatoms. The lowest BCUT2D eigenvalue weighted by molar-refractivity contribution is -0.143. The predicted octanol–water partition coefficient (Wildman–Crippen LogP) is 19.5. The minimum absolute atomic E-state index is 0.00444. The van der Waals surface area contributed by atoms with Crippen LogP contribution in [0.4, 0.5) is 0 Å². The molecule has 3 N–H and O–H groups in total. The highest BCUT2D eigenvalue weighted by molar-refractivity contribution is 5.76.